The van der Waals surface area contributed by atoms with Gasteiger partial charge in [0.2, 0.25) is 15.9 Å². The second kappa shape index (κ2) is 12.8. The predicted octanol–water partition coefficient (Wildman–Crippen LogP) is 6.74. The van der Waals surface area contributed by atoms with E-state index < -0.39 is 33.5 Å². The van der Waals surface area contributed by atoms with E-state index in [-0.39, 0.29) is 23.0 Å². The summed E-state index contributed by atoms with van der Waals surface area (Å²) >= 11 is 6.00. The van der Waals surface area contributed by atoms with Crippen LogP contribution in [0.25, 0.3) is 21.9 Å². The molecule has 2 saturated heterocycles. The summed E-state index contributed by atoms with van der Waals surface area (Å²) in [4.78, 5) is 15.2. The normalized spacial score (nSPS) is 20.9. The van der Waals surface area contributed by atoms with Crippen LogP contribution in [-0.4, -0.2) is 57.0 Å². The van der Waals surface area contributed by atoms with Gasteiger partial charge in [-0.25, -0.2) is 8.42 Å². The number of alkyl halides is 2. The van der Waals surface area contributed by atoms with Crippen molar-refractivity contribution in [3.63, 3.8) is 0 Å². The molecule has 0 unspecified atom stereocenters. The van der Waals surface area contributed by atoms with Gasteiger partial charge in [0.15, 0.2) is 6.04 Å². The van der Waals surface area contributed by atoms with Crippen molar-refractivity contribution in [1.82, 2.24) is 14.9 Å². The highest BCUT2D eigenvalue weighted by Gasteiger charge is 2.52. The maximum atomic E-state index is 16.5. The molecule has 1 aliphatic carbocycles. The fourth-order valence-corrected chi connectivity index (χ4v) is 8.48. The van der Waals surface area contributed by atoms with E-state index in [4.69, 9.17) is 16.3 Å². The number of carbonyl (C=O) groups is 1. The number of hydrogen-bond donors (Lipinski definition) is 2. The fraction of sp³-hybridized carbons (Fsp3) is 0.361. The molecule has 2 N–H and O–H groups in total. The van der Waals surface area contributed by atoms with Gasteiger partial charge in [-0.15, -0.1) is 0 Å². The minimum absolute atomic E-state index is 0.145. The highest BCUT2D eigenvalue weighted by Crippen LogP contribution is 2.38. The molecular weight excluding hydrogens is 644 g/mol. The van der Waals surface area contributed by atoms with E-state index in [1.54, 1.807) is 42.5 Å². The van der Waals surface area contributed by atoms with Crippen LogP contribution >= 0.6 is 11.6 Å². The first-order valence-corrected chi connectivity index (χ1v) is 17.9. The van der Waals surface area contributed by atoms with Gasteiger partial charge in [0.05, 0.1) is 11.0 Å². The third-order valence-corrected chi connectivity index (χ3v) is 11.4. The number of rotatable bonds is 9. The maximum Gasteiger partial charge on any atom is 0.298 e. The fourth-order valence-electron chi connectivity index (χ4n) is 7.13. The molecule has 2 aliphatic heterocycles. The smallest absolute Gasteiger partial charge is 0.298 e. The Bertz CT molecular complexity index is 1880. The van der Waals surface area contributed by atoms with Gasteiger partial charge in [0, 0.05) is 36.3 Å². The molecule has 3 atom stereocenters. The van der Waals surface area contributed by atoms with Crippen LogP contribution < -0.4 is 14.8 Å². The predicted molar refractivity (Wildman–Crippen MR) is 178 cm³/mol. The van der Waals surface area contributed by atoms with Crippen molar-refractivity contribution in [1.29, 1.82) is 0 Å². The Morgan fingerprint density at radius 3 is 2.28 bits per heavy atom. The van der Waals surface area contributed by atoms with Crippen molar-refractivity contribution >= 4 is 38.3 Å². The van der Waals surface area contributed by atoms with Crippen molar-refractivity contribution < 1.29 is 26.7 Å². The number of amides is 1. The summed E-state index contributed by atoms with van der Waals surface area (Å²) in [5.41, 5.74) is 0.991. The topological polar surface area (TPSA) is 87.7 Å². The van der Waals surface area contributed by atoms with Crippen LogP contribution in [0, 0.1) is 5.92 Å². The van der Waals surface area contributed by atoms with Crippen molar-refractivity contribution in [2.75, 3.05) is 19.6 Å². The lowest BCUT2D eigenvalue weighted by molar-refractivity contribution is -0.145. The Morgan fingerprint density at radius 2 is 1.55 bits per heavy atom. The molecule has 0 radical (unpaired) electrons. The van der Waals surface area contributed by atoms with Crippen LogP contribution in [0.3, 0.4) is 0 Å². The maximum absolute atomic E-state index is 16.5. The van der Waals surface area contributed by atoms with Gasteiger partial charge in [0.1, 0.15) is 5.75 Å². The van der Waals surface area contributed by atoms with E-state index in [2.05, 4.69) is 10.0 Å². The van der Waals surface area contributed by atoms with Crippen molar-refractivity contribution in [2.24, 2.45) is 5.92 Å². The number of hydrogen-bond acceptors (Lipinski definition) is 5. The number of ether oxygens (including phenoxy) is 1. The third-order valence-electron chi connectivity index (χ3n) is 9.76. The average molecular weight is 680 g/mol. The van der Waals surface area contributed by atoms with Crippen molar-refractivity contribution in [2.45, 2.75) is 61.1 Å². The van der Waals surface area contributed by atoms with E-state index in [0.29, 0.717) is 47.8 Å². The van der Waals surface area contributed by atoms with Crippen LogP contribution in [0.5, 0.6) is 5.75 Å². The Morgan fingerprint density at radius 1 is 0.894 bits per heavy atom. The first kappa shape index (κ1) is 32.0. The molecule has 7 rings (SSSR count). The van der Waals surface area contributed by atoms with Crippen molar-refractivity contribution in [3.8, 4) is 16.9 Å². The molecule has 3 aliphatic rings. The Labute approximate surface area is 278 Å². The molecule has 2 heterocycles. The second-order valence-corrected chi connectivity index (χ2v) is 14.9. The van der Waals surface area contributed by atoms with Crippen LogP contribution in [0.1, 0.15) is 37.7 Å². The quantitative estimate of drug-likeness (QED) is 0.205. The number of sulfonamides is 1. The zero-order valence-corrected chi connectivity index (χ0v) is 27.2. The molecule has 4 aromatic carbocycles. The molecule has 47 heavy (non-hydrogen) atoms. The lowest BCUT2D eigenvalue weighted by Crippen LogP contribution is -2.57. The van der Waals surface area contributed by atoms with Gasteiger partial charge in [0.25, 0.3) is 5.92 Å². The molecule has 0 spiro atoms. The number of nitrogens with one attached hydrogen (secondary N) is 2. The van der Waals surface area contributed by atoms with Crippen LogP contribution in [-0.2, 0) is 20.7 Å². The Balaban J connectivity index is 1.19. The summed E-state index contributed by atoms with van der Waals surface area (Å²) in [5.74, 6) is -3.95. The van der Waals surface area contributed by atoms with E-state index >= 15 is 8.78 Å². The van der Waals surface area contributed by atoms with Crippen molar-refractivity contribution in [3.05, 3.63) is 95.5 Å². The summed E-state index contributed by atoms with van der Waals surface area (Å²) < 4.78 is 69.0. The first-order chi connectivity index (χ1) is 22.6. The summed E-state index contributed by atoms with van der Waals surface area (Å²) in [5, 5.41) is 5.14. The molecule has 7 nitrogen and oxygen atoms in total. The monoisotopic (exact) mass is 679 g/mol. The lowest BCUT2D eigenvalue weighted by atomic mass is 9.97. The van der Waals surface area contributed by atoms with Gasteiger partial charge in [-0.1, -0.05) is 60.1 Å². The van der Waals surface area contributed by atoms with Gasteiger partial charge in [-0.3, -0.25) is 4.79 Å². The molecular formula is C36H36ClF2N3O4S. The van der Waals surface area contributed by atoms with Gasteiger partial charge in [-0.2, -0.15) is 13.5 Å². The third kappa shape index (κ3) is 6.48. The standard InChI is InChI=1S/C36H36ClF2N3O4S/c37-29-13-7-24(8-14-29)23-5-11-28(12-6-23)36(38,39)34(35(43)42-18-17-27-21-40-22-33(27)42)41-47(44,45)32-16-10-25-19-31(15-9-26(25)20-32)46-30-3-1-2-4-30/h5-16,19-20,27,30,33-34,40-41H,1-4,17-18,21-22H2/t27-,33+,34-/m0/s1. The van der Waals surface area contributed by atoms with Gasteiger partial charge >= 0.3 is 0 Å². The SMILES string of the molecule is O=C([C@H](NS(=O)(=O)c1ccc2cc(OC3CCCC3)ccc2c1)C(F)(F)c1ccc(-c2ccc(Cl)cc2)cc1)N1CC[C@H]2CNC[C@H]21. The van der Waals surface area contributed by atoms with E-state index in [9.17, 15) is 13.2 Å². The summed E-state index contributed by atoms with van der Waals surface area (Å²) in [6.45, 7) is 1.47. The summed E-state index contributed by atoms with van der Waals surface area (Å²) in [6, 6.07) is 19.7. The summed E-state index contributed by atoms with van der Waals surface area (Å²) in [6.07, 6.45) is 5.13. The first-order valence-electron chi connectivity index (χ1n) is 16.1. The molecule has 11 heteroatoms. The van der Waals surface area contributed by atoms with Gasteiger partial charge in [-0.05, 0) is 96.3 Å². The minimum Gasteiger partial charge on any atom is -0.490 e. The van der Waals surface area contributed by atoms with Crippen LogP contribution in [0.4, 0.5) is 8.78 Å². The average Bonchev–Trinajstić information content (AvgIpc) is 3.84. The van der Waals surface area contributed by atoms with Gasteiger partial charge < -0.3 is 15.0 Å². The molecule has 246 valence electrons. The largest absolute Gasteiger partial charge is 0.490 e. The molecule has 1 saturated carbocycles. The molecule has 3 fully saturated rings. The Hall–Kier alpha value is -3.57. The second-order valence-electron chi connectivity index (χ2n) is 12.8. The highest BCUT2D eigenvalue weighted by molar-refractivity contribution is 7.89. The number of likely N-dealkylation sites (tertiary alicyclic amines) is 1. The molecule has 0 aromatic heterocycles. The Kier molecular flexibility index (Phi) is 8.72. The van der Waals surface area contributed by atoms with E-state index in [1.807, 2.05) is 6.07 Å². The van der Waals surface area contributed by atoms with E-state index in [0.717, 1.165) is 36.6 Å². The summed E-state index contributed by atoms with van der Waals surface area (Å²) in [7, 11) is -4.56. The molecule has 0 bridgehead atoms. The number of benzene rings is 4. The zero-order chi connectivity index (χ0) is 32.8. The molecule has 4 aromatic rings. The van der Waals surface area contributed by atoms with E-state index in [1.165, 1.54) is 41.3 Å². The number of halogens is 3. The lowest BCUT2D eigenvalue weighted by Gasteiger charge is -2.33. The van der Waals surface area contributed by atoms with Crippen LogP contribution in [0.15, 0.2) is 89.8 Å². The minimum atomic E-state index is -4.56. The highest BCUT2D eigenvalue weighted by atomic mass is 35.5. The number of fused-ring (bicyclic) bond motifs is 2. The molecule has 1 amide bonds. The number of carbonyl (C=O) groups excluding carboxylic acids is 1. The number of nitrogens with zero attached hydrogens (tertiary/aromatic N) is 1. The van der Waals surface area contributed by atoms with Crippen LogP contribution in [0.2, 0.25) is 5.02 Å². The zero-order valence-electron chi connectivity index (χ0n) is 25.7.